The van der Waals surface area contributed by atoms with E-state index in [-0.39, 0.29) is 11.2 Å². The first kappa shape index (κ1) is 11.5. The summed E-state index contributed by atoms with van der Waals surface area (Å²) in [5.74, 6) is 0.497. The molecule has 0 atom stereocenters. The molecule has 19 heavy (non-hydrogen) atoms. The zero-order valence-electron chi connectivity index (χ0n) is 10.4. The molecule has 3 heterocycles. The second kappa shape index (κ2) is 3.94. The van der Waals surface area contributed by atoms with Gasteiger partial charge in [0.2, 0.25) is 0 Å². The summed E-state index contributed by atoms with van der Waals surface area (Å²) in [7, 11) is 1.80. The van der Waals surface area contributed by atoms with E-state index in [9.17, 15) is 9.59 Å². The smallest absolute Gasteiger partial charge is 0.327 e. The fourth-order valence-corrected chi connectivity index (χ4v) is 1.97. The van der Waals surface area contributed by atoms with E-state index in [1.807, 2.05) is 13.0 Å². The molecule has 8 nitrogen and oxygen atoms in total. The van der Waals surface area contributed by atoms with Crippen LogP contribution in [0.2, 0.25) is 0 Å². The van der Waals surface area contributed by atoms with Crippen molar-refractivity contribution in [2.45, 2.75) is 13.3 Å². The quantitative estimate of drug-likeness (QED) is 0.597. The minimum absolute atomic E-state index is 0.239. The van der Waals surface area contributed by atoms with Gasteiger partial charge >= 0.3 is 5.69 Å². The molecular weight excluding hydrogens is 248 g/mol. The number of aromatic nitrogens is 6. The van der Waals surface area contributed by atoms with Crippen LogP contribution in [0.4, 0.5) is 0 Å². The zero-order valence-corrected chi connectivity index (χ0v) is 10.4. The van der Waals surface area contributed by atoms with Crippen LogP contribution in [0.15, 0.2) is 15.7 Å². The molecular formula is C11H12N6O2. The molecule has 98 valence electrons. The molecule has 8 heteroatoms. The molecule has 0 bridgehead atoms. The lowest BCUT2D eigenvalue weighted by Crippen LogP contribution is -2.21. The van der Waals surface area contributed by atoms with Crippen LogP contribution in [0.5, 0.6) is 0 Å². The van der Waals surface area contributed by atoms with Crippen LogP contribution in [-0.2, 0) is 13.5 Å². The first-order valence-corrected chi connectivity index (χ1v) is 5.84. The van der Waals surface area contributed by atoms with Crippen molar-refractivity contribution in [2.75, 3.05) is 0 Å². The van der Waals surface area contributed by atoms with Gasteiger partial charge in [-0.2, -0.15) is 5.10 Å². The highest BCUT2D eigenvalue weighted by Gasteiger charge is 2.13. The first-order valence-electron chi connectivity index (χ1n) is 5.84. The van der Waals surface area contributed by atoms with Crippen molar-refractivity contribution in [3.8, 4) is 11.5 Å². The lowest BCUT2D eigenvalue weighted by molar-refractivity contribution is 0.749. The van der Waals surface area contributed by atoms with Gasteiger partial charge in [0.15, 0.2) is 11.5 Å². The zero-order chi connectivity index (χ0) is 13.6. The first-order chi connectivity index (χ1) is 9.08. The van der Waals surface area contributed by atoms with Crippen molar-refractivity contribution >= 4 is 11.2 Å². The SMILES string of the molecule is CCc1cc(-c2nc3[nH]c(=O)[nH]c(=O)c3[nH]2)n(C)n1. The number of H-pyrrole nitrogens is 3. The predicted octanol–water partition coefficient (Wildman–Crippen LogP) is -0.0976. The Hall–Kier alpha value is -2.64. The number of aryl methyl sites for hydroxylation is 2. The number of hydrogen-bond donors (Lipinski definition) is 3. The summed E-state index contributed by atoms with van der Waals surface area (Å²) in [6, 6.07) is 1.89. The van der Waals surface area contributed by atoms with E-state index in [2.05, 4.69) is 25.0 Å². The summed E-state index contributed by atoms with van der Waals surface area (Å²) in [6.45, 7) is 2.01. The normalized spacial score (nSPS) is 11.3. The Morgan fingerprint density at radius 2 is 2.05 bits per heavy atom. The van der Waals surface area contributed by atoms with Crippen LogP contribution < -0.4 is 11.2 Å². The molecule has 0 fully saturated rings. The Kier molecular flexibility index (Phi) is 2.37. The van der Waals surface area contributed by atoms with E-state index >= 15 is 0 Å². The van der Waals surface area contributed by atoms with Crippen LogP contribution in [0, 0.1) is 0 Å². The van der Waals surface area contributed by atoms with Crippen molar-refractivity contribution in [1.82, 2.24) is 29.7 Å². The number of imidazole rings is 1. The van der Waals surface area contributed by atoms with Crippen LogP contribution in [-0.4, -0.2) is 29.7 Å². The van der Waals surface area contributed by atoms with Gasteiger partial charge in [0, 0.05) is 7.05 Å². The Bertz CT molecular complexity index is 865. The van der Waals surface area contributed by atoms with Gasteiger partial charge in [-0.15, -0.1) is 0 Å². The van der Waals surface area contributed by atoms with Crippen LogP contribution in [0.1, 0.15) is 12.6 Å². The summed E-state index contributed by atoms with van der Waals surface area (Å²) in [6.07, 6.45) is 0.811. The third kappa shape index (κ3) is 1.77. The standard InChI is InChI=1S/C11H12N6O2/c1-3-5-4-6(17(2)16-5)8-12-7-9(13-8)14-11(19)15-10(7)18/h4H,3H2,1-2H3,(H3,12,13,14,15,18,19). The largest absolute Gasteiger partial charge is 0.331 e. The Labute approximate surface area is 106 Å². The van der Waals surface area contributed by atoms with Gasteiger partial charge in [-0.25, -0.2) is 9.78 Å². The van der Waals surface area contributed by atoms with Gasteiger partial charge in [0.05, 0.1) is 5.69 Å². The maximum absolute atomic E-state index is 11.6. The molecule has 0 aliphatic heterocycles. The Morgan fingerprint density at radius 1 is 1.26 bits per heavy atom. The number of fused-ring (bicyclic) bond motifs is 1. The topological polar surface area (TPSA) is 112 Å². The summed E-state index contributed by atoms with van der Waals surface area (Å²) in [5.41, 5.74) is 1.11. The van der Waals surface area contributed by atoms with Crippen molar-refractivity contribution in [1.29, 1.82) is 0 Å². The van der Waals surface area contributed by atoms with Gasteiger partial charge in [0.1, 0.15) is 11.2 Å². The van der Waals surface area contributed by atoms with Crippen molar-refractivity contribution < 1.29 is 0 Å². The van der Waals surface area contributed by atoms with Crippen molar-refractivity contribution in [2.24, 2.45) is 7.05 Å². The molecule has 0 amide bonds. The Morgan fingerprint density at radius 3 is 2.74 bits per heavy atom. The van der Waals surface area contributed by atoms with E-state index in [0.717, 1.165) is 17.8 Å². The lowest BCUT2D eigenvalue weighted by Gasteiger charge is -1.94. The fraction of sp³-hybridized carbons (Fsp3) is 0.273. The molecule has 0 radical (unpaired) electrons. The molecule has 0 saturated carbocycles. The van der Waals surface area contributed by atoms with Crippen molar-refractivity contribution in [3.05, 3.63) is 32.6 Å². The highest BCUT2D eigenvalue weighted by molar-refractivity contribution is 5.73. The molecule has 3 rings (SSSR count). The molecule has 0 aliphatic rings. The average Bonchev–Trinajstić information content (AvgIpc) is 2.92. The fourth-order valence-electron chi connectivity index (χ4n) is 1.97. The predicted molar refractivity (Wildman–Crippen MR) is 68.9 cm³/mol. The highest BCUT2D eigenvalue weighted by atomic mass is 16.2. The number of hydrogen-bond acceptors (Lipinski definition) is 4. The third-order valence-electron chi connectivity index (χ3n) is 2.93. The van der Waals surface area contributed by atoms with Gasteiger partial charge in [-0.05, 0) is 12.5 Å². The van der Waals surface area contributed by atoms with Gasteiger partial charge < -0.3 is 4.98 Å². The molecule has 0 spiro atoms. The maximum atomic E-state index is 11.6. The molecule has 3 aromatic heterocycles. The summed E-state index contributed by atoms with van der Waals surface area (Å²) in [5, 5.41) is 4.31. The van der Waals surface area contributed by atoms with Gasteiger partial charge in [0.25, 0.3) is 5.56 Å². The van der Waals surface area contributed by atoms with E-state index < -0.39 is 11.2 Å². The average molecular weight is 260 g/mol. The third-order valence-corrected chi connectivity index (χ3v) is 2.93. The van der Waals surface area contributed by atoms with Gasteiger partial charge in [-0.1, -0.05) is 6.92 Å². The summed E-state index contributed by atoms with van der Waals surface area (Å²) < 4.78 is 1.68. The van der Waals surface area contributed by atoms with Crippen LogP contribution in [0.3, 0.4) is 0 Å². The highest BCUT2D eigenvalue weighted by Crippen LogP contribution is 2.18. The number of aromatic amines is 3. The minimum Gasteiger partial charge on any atom is -0.331 e. The van der Waals surface area contributed by atoms with E-state index in [1.165, 1.54) is 0 Å². The van der Waals surface area contributed by atoms with E-state index in [1.54, 1.807) is 11.7 Å². The van der Waals surface area contributed by atoms with Crippen molar-refractivity contribution in [3.63, 3.8) is 0 Å². The lowest BCUT2D eigenvalue weighted by atomic mass is 10.3. The Balaban J connectivity index is 2.26. The molecule has 3 aromatic rings. The monoisotopic (exact) mass is 260 g/mol. The summed E-state index contributed by atoms with van der Waals surface area (Å²) in [4.78, 5) is 34.6. The second-order valence-electron chi connectivity index (χ2n) is 4.22. The van der Waals surface area contributed by atoms with E-state index in [4.69, 9.17) is 0 Å². The van der Waals surface area contributed by atoms with Gasteiger partial charge in [-0.3, -0.25) is 19.4 Å². The second-order valence-corrected chi connectivity index (χ2v) is 4.22. The molecule has 0 saturated heterocycles. The number of nitrogens with zero attached hydrogens (tertiary/aromatic N) is 3. The molecule has 0 unspecified atom stereocenters. The summed E-state index contributed by atoms with van der Waals surface area (Å²) >= 11 is 0. The number of rotatable bonds is 2. The molecule has 0 aromatic carbocycles. The minimum atomic E-state index is -0.574. The molecule has 0 aliphatic carbocycles. The molecule has 3 N–H and O–H groups in total. The maximum Gasteiger partial charge on any atom is 0.327 e. The van der Waals surface area contributed by atoms with Crippen LogP contribution >= 0.6 is 0 Å². The van der Waals surface area contributed by atoms with E-state index in [0.29, 0.717) is 5.82 Å². The van der Waals surface area contributed by atoms with Crippen LogP contribution in [0.25, 0.3) is 22.7 Å². The number of nitrogens with one attached hydrogen (secondary N) is 3.